The minimum Gasteiger partial charge on any atom is -0.269 e. The molecule has 0 saturated heterocycles. The molecule has 1 aromatic carbocycles. The van der Waals surface area contributed by atoms with Crippen LogP contribution in [0.1, 0.15) is 27.7 Å². The standard InChI is InChI=1S/C14H26N3O3PS/c1-5-16(6-2)21(18,17(7-3)8-4)15-22(19,20)14-12-10-9-11-13-14/h9-13H,5-8H2,1-4H3,(H,15,18). The van der Waals surface area contributed by atoms with Crippen molar-refractivity contribution in [1.82, 2.24) is 13.8 Å². The van der Waals surface area contributed by atoms with Crippen LogP contribution in [-0.4, -0.2) is 43.9 Å². The molecule has 8 heteroatoms. The van der Waals surface area contributed by atoms with E-state index in [2.05, 4.69) is 4.49 Å². The third-order valence-electron chi connectivity index (χ3n) is 3.52. The molecule has 0 aliphatic heterocycles. The normalized spacial score (nSPS) is 13.0. The number of benzene rings is 1. The summed E-state index contributed by atoms with van der Waals surface area (Å²) in [4.78, 5) is 0.120. The molecule has 0 saturated carbocycles. The molecule has 0 bridgehead atoms. The molecule has 1 aromatic rings. The zero-order valence-electron chi connectivity index (χ0n) is 13.7. The fourth-order valence-electron chi connectivity index (χ4n) is 2.32. The van der Waals surface area contributed by atoms with Crippen molar-refractivity contribution in [3.63, 3.8) is 0 Å². The molecule has 1 rings (SSSR count). The highest BCUT2D eigenvalue weighted by molar-refractivity contribution is 7.95. The summed E-state index contributed by atoms with van der Waals surface area (Å²) in [6.45, 7) is 9.49. The maximum absolute atomic E-state index is 13.5. The lowest BCUT2D eigenvalue weighted by atomic mass is 10.4. The molecule has 0 amide bonds. The molecule has 126 valence electrons. The Kier molecular flexibility index (Phi) is 7.22. The lowest BCUT2D eigenvalue weighted by Crippen LogP contribution is -2.40. The van der Waals surface area contributed by atoms with Crippen LogP contribution < -0.4 is 4.49 Å². The van der Waals surface area contributed by atoms with Crippen molar-refractivity contribution in [2.24, 2.45) is 0 Å². The smallest absolute Gasteiger partial charge is 0.269 e. The Hall–Kier alpha value is -0.720. The SMILES string of the molecule is CCN(CC)P(=O)(NS(=O)(=O)c1ccccc1)N(CC)CC. The zero-order valence-corrected chi connectivity index (χ0v) is 15.4. The molecule has 0 spiro atoms. The molecule has 0 radical (unpaired) electrons. The maximum atomic E-state index is 13.5. The zero-order chi connectivity index (χ0) is 16.8. The molecule has 0 atom stereocenters. The number of hydrogen-bond donors (Lipinski definition) is 1. The van der Waals surface area contributed by atoms with Crippen molar-refractivity contribution in [2.45, 2.75) is 32.6 Å². The van der Waals surface area contributed by atoms with Gasteiger partial charge in [-0.3, -0.25) is 4.57 Å². The second-order valence-corrected chi connectivity index (χ2v) is 9.16. The van der Waals surface area contributed by atoms with Gasteiger partial charge in [0, 0.05) is 26.2 Å². The fraction of sp³-hybridized carbons (Fsp3) is 0.571. The summed E-state index contributed by atoms with van der Waals surface area (Å²) in [7, 11) is -7.24. The van der Waals surface area contributed by atoms with Gasteiger partial charge in [0.2, 0.25) is 10.0 Å². The Balaban J connectivity index is 3.27. The van der Waals surface area contributed by atoms with Crippen molar-refractivity contribution >= 4 is 17.6 Å². The van der Waals surface area contributed by atoms with E-state index in [0.29, 0.717) is 26.2 Å². The van der Waals surface area contributed by atoms with Crippen LogP contribution in [-0.2, 0) is 14.6 Å². The highest BCUT2D eigenvalue weighted by atomic mass is 32.2. The van der Waals surface area contributed by atoms with Crippen molar-refractivity contribution in [2.75, 3.05) is 26.2 Å². The maximum Gasteiger partial charge on any atom is 0.297 e. The van der Waals surface area contributed by atoms with Gasteiger partial charge < -0.3 is 0 Å². The van der Waals surface area contributed by atoms with Crippen molar-refractivity contribution < 1.29 is 13.0 Å². The number of rotatable bonds is 9. The van der Waals surface area contributed by atoms with Gasteiger partial charge in [0.15, 0.2) is 0 Å². The van der Waals surface area contributed by atoms with E-state index in [1.54, 1.807) is 27.5 Å². The Bertz CT molecular complexity index is 583. The van der Waals surface area contributed by atoms with E-state index in [-0.39, 0.29) is 4.90 Å². The van der Waals surface area contributed by atoms with Crippen LogP contribution in [0.25, 0.3) is 0 Å². The van der Waals surface area contributed by atoms with Crippen molar-refractivity contribution in [1.29, 1.82) is 0 Å². The lowest BCUT2D eigenvalue weighted by molar-refractivity contribution is 0.355. The van der Waals surface area contributed by atoms with E-state index in [1.807, 2.05) is 27.7 Å². The Morgan fingerprint density at radius 2 is 1.32 bits per heavy atom. The number of sulfonamides is 1. The van der Waals surface area contributed by atoms with Crippen LogP contribution in [0.2, 0.25) is 0 Å². The molecule has 0 aromatic heterocycles. The van der Waals surface area contributed by atoms with Gasteiger partial charge in [-0.25, -0.2) is 17.8 Å². The monoisotopic (exact) mass is 347 g/mol. The van der Waals surface area contributed by atoms with Gasteiger partial charge in [-0.15, -0.1) is 4.49 Å². The largest absolute Gasteiger partial charge is 0.297 e. The van der Waals surface area contributed by atoms with Gasteiger partial charge in [-0.05, 0) is 12.1 Å². The summed E-state index contributed by atoms with van der Waals surface area (Å²) >= 11 is 0. The highest BCUT2D eigenvalue weighted by Gasteiger charge is 2.38. The quantitative estimate of drug-likeness (QED) is 0.696. The topological polar surface area (TPSA) is 69.7 Å². The lowest BCUT2D eigenvalue weighted by Gasteiger charge is -2.37. The third kappa shape index (κ3) is 4.18. The number of hydrogen-bond acceptors (Lipinski definition) is 3. The molecular weight excluding hydrogens is 321 g/mol. The van der Waals surface area contributed by atoms with E-state index in [1.165, 1.54) is 12.1 Å². The van der Waals surface area contributed by atoms with Crippen LogP contribution in [0, 0.1) is 0 Å². The van der Waals surface area contributed by atoms with E-state index in [0.717, 1.165) is 0 Å². The first-order valence-corrected chi connectivity index (χ1v) is 10.6. The van der Waals surface area contributed by atoms with E-state index >= 15 is 0 Å². The van der Waals surface area contributed by atoms with Crippen molar-refractivity contribution in [3.8, 4) is 0 Å². The second kappa shape index (κ2) is 8.22. The van der Waals surface area contributed by atoms with Gasteiger partial charge in [-0.2, -0.15) is 0 Å². The summed E-state index contributed by atoms with van der Waals surface area (Å²) in [5, 5.41) is 0. The van der Waals surface area contributed by atoms with Gasteiger partial charge in [0.1, 0.15) is 0 Å². The highest BCUT2D eigenvalue weighted by Crippen LogP contribution is 2.49. The third-order valence-corrected chi connectivity index (χ3v) is 8.99. The molecule has 22 heavy (non-hydrogen) atoms. The van der Waals surface area contributed by atoms with Crippen molar-refractivity contribution in [3.05, 3.63) is 30.3 Å². The van der Waals surface area contributed by atoms with Crippen LogP contribution in [0.4, 0.5) is 0 Å². The van der Waals surface area contributed by atoms with Crippen LogP contribution in [0.5, 0.6) is 0 Å². The summed E-state index contributed by atoms with van der Waals surface area (Å²) < 4.78 is 44.5. The molecule has 1 N–H and O–H groups in total. The Labute approximate surface area is 134 Å². The first-order chi connectivity index (χ1) is 10.4. The van der Waals surface area contributed by atoms with Gasteiger partial charge in [0.25, 0.3) is 7.59 Å². The summed E-state index contributed by atoms with van der Waals surface area (Å²) in [6.07, 6.45) is 0. The van der Waals surface area contributed by atoms with E-state index in [4.69, 9.17) is 0 Å². The van der Waals surface area contributed by atoms with Crippen LogP contribution in [0.3, 0.4) is 0 Å². The number of nitrogens with one attached hydrogen (secondary N) is 1. The Morgan fingerprint density at radius 3 is 1.68 bits per heavy atom. The Morgan fingerprint density at radius 1 is 0.909 bits per heavy atom. The average Bonchev–Trinajstić information content (AvgIpc) is 2.50. The summed E-state index contributed by atoms with van der Waals surface area (Å²) in [6, 6.07) is 8.03. The fourth-order valence-corrected chi connectivity index (χ4v) is 7.32. The van der Waals surface area contributed by atoms with E-state index in [9.17, 15) is 13.0 Å². The molecule has 0 fully saturated rings. The molecule has 0 aliphatic rings. The van der Waals surface area contributed by atoms with Gasteiger partial charge in [0.05, 0.1) is 4.90 Å². The van der Waals surface area contributed by atoms with Gasteiger partial charge in [-0.1, -0.05) is 45.9 Å². The van der Waals surface area contributed by atoms with Gasteiger partial charge >= 0.3 is 0 Å². The minimum atomic E-state index is -3.84. The second-order valence-electron chi connectivity index (χ2n) is 4.73. The summed E-state index contributed by atoms with van der Waals surface area (Å²) in [5.74, 6) is 0. The summed E-state index contributed by atoms with van der Waals surface area (Å²) in [5.41, 5.74) is 0. The van der Waals surface area contributed by atoms with Crippen LogP contribution in [0.15, 0.2) is 35.2 Å². The molecule has 0 aliphatic carbocycles. The predicted octanol–water partition coefficient (Wildman–Crippen LogP) is 2.76. The average molecular weight is 347 g/mol. The minimum absolute atomic E-state index is 0.120. The van der Waals surface area contributed by atoms with Crippen LogP contribution >= 0.6 is 7.59 Å². The molecule has 6 nitrogen and oxygen atoms in total. The molecular formula is C14H26N3O3PS. The van der Waals surface area contributed by atoms with E-state index < -0.39 is 17.6 Å². The molecule has 0 unspecified atom stereocenters. The molecule has 0 heterocycles. The first kappa shape index (κ1) is 19.3. The predicted molar refractivity (Wildman–Crippen MR) is 90.2 cm³/mol. The number of nitrogens with zero attached hydrogens (tertiary/aromatic N) is 2. The first-order valence-electron chi connectivity index (χ1n) is 7.55.